The second-order valence-corrected chi connectivity index (χ2v) is 5.10. The zero-order chi connectivity index (χ0) is 10.7. The highest BCUT2D eigenvalue weighted by Crippen LogP contribution is 2.29. The van der Waals surface area contributed by atoms with Crippen LogP contribution in [-0.2, 0) is 11.2 Å². The Balaban J connectivity index is 2.00. The van der Waals surface area contributed by atoms with Gasteiger partial charge in [0.1, 0.15) is 5.60 Å². The predicted octanol–water partition coefficient (Wildman–Crippen LogP) is 2.55. The molecule has 0 spiro atoms. The summed E-state index contributed by atoms with van der Waals surface area (Å²) >= 11 is 1.59. The molecule has 82 valence electrons. The van der Waals surface area contributed by atoms with Crippen LogP contribution >= 0.6 is 11.3 Å². The second-order valence-electron chi connectivity index (χ2n) is 4.32. The molecule has 2 nitrogen and oxygen atoms in total. The summed E-state index contributed by atoms with van der Waals surface area (Å²) in [5, 5.41) is 14.1. The van der Waals surface area contributed by atoms with Crippen molar-refractivity contribution in [2.24, 2.45) is 0 Å². The maximum Gasteiger partial charge on any atom is 0.168 e. The highest BCUT2D eigenvalue weighted by molar-refractivity contribution is 7.08. The molecule has 0 saturated heterocycles. The Kier molecular flexibility index (Phi) is 3.22. The van der Waals surface area contributed by atoms with Gasteiger partial charge in [-0.1, -0.05) is 19.3 Å². The van der Waals surface area contributed by atoms with E-state index < -0.39 is 5.60 Å². The van der Waals surface area contributed by atoms with E-state index >= 15 is 0 Å². The van der Waals surface area contributed by atoms with E-state index in [-0.39, 0.29) is 5.78 Å². The Labute approximate surface area is 93.9 Å². The first-order chi connectivity index (χ1) is 7.21. The number of rotatable bonds is 3. The molecule has 0 atom stereocenters. The first-order valence-corrected chi connectivity index (χ1v) is 6.42. The summed E-state index contributed by atoms with van der Waals surface area (Å²) in [7, 11) is 0. The number of Topliss-reactive ketones (excluding diaryl/α,β-unsaturated/α-hetero) is 1. The quantitative estimate of drug-likeness (QED) is 0.856. The zero-order valence-electron chi connectivity index (χ0n) is 8.74. The van der Waals surface area contributed by atoms with Crippen LogP contribution in [0.4, 0.5) is 0 Å². The van der Waals surface area contributed by atoms with E-state index in [0.29, 0.717) is 19.3 Å². The van der Waals surface area contributed by atoms with E-state index in [4.69, 9.17) is 0 Å². The molecule has 1 N–H and O–H groups in total. The van der Waals surface area contributed by atoms with Gasteiger partial charge in [0.05, 0.1) is 0 Å². The summed E-state index contributed by atoms with van der Waals surface area (Å²) in [4.78, 5) is 11.9. The van der Waals surface area contributed by atoms with Crippen molar-refractivity contribution in [3.05, 3.63) is 22.4 Å². The number of carbonyl (C=O) groups excluding carboxylic acids is 1. The lowest BCUT2D eigenvalue weighted by atomic mass is 9.80. The second kappa shape index (κ2) is 4.45. The maximum absolute atomic E-state index is 11.9. The number of hydrogen-bond donors (Lipinski definition) is 1. The molecule has 15 heavy (non-hydrogen) atoms. The van der Waals surface area contributed by atoms with E-state index in [2.05, 4.69) is 0 Å². The van der Waals surface area contributed by atoms with Crippen LogP contribution in [-0.4, -0.2) is 16.5 Å². The molecule has 1 saturated carbocycles. The van der Waals surface area contributed by atoms with E-state index in [0.717, 1.165) is 24.8 Å². The third-order valence-electron chi connectivity index (χ3n) is 3.14. The highest BCUT2D eigenvalue weighted by atomic mass is 32.1. The molecule has 1 aromatic heterocycles. The van der Waals surface area contributed by atoms with Gasteiger partial charge >= 0.3 is 0 Å². The average Bonchev–Trinajstić information content (AvgIpc) is 2.71. The van der Waals surface area contributed by atoms with Crippen molar-refractivity contribution in [1.29, 1.82) is 0 Å². The molecule has 1 aliphatic carbocycles. The minimum atomic E-state index is -1.03. The lowest BCUT2D eigenvalue weighted by molar-refractivity contribution is -0.139. The summed E-state index contributed by atoms with van der Waals surface area (Å²) < 4.78 is 0. The monoisotopic (exact) mass is 224 g/mol. The predicted molar refractivity (Wildman–Crippen MR) is 61.1 cm³/mol. The molecule has 0 amide bonds. The smallest absolute Gasteiger partial charge is 0.168 e. The third kappa shape index (κ3) is 2.47. The lowest BCUT2D eigenvalue weighted by Gasteiger charge is -2.30. The Morgan fingerprint density at radius 2 is 2.13 bits per heavy atom. The van der Waals surface area contributed by atoms with Crippen LogP contribution in [0, 0.1) is 0 Å². The van der Waals surface area contributed by atoms with E-state index in [1.165, 1.54) is 0 Å². The van der Waals surface area contributed by atoms with Gasteiger partial charge in [-0.05, 0) is 35.2 Å². The summed E-state index contributed by atoms with van der Waals surface area (Å²) in [6.45, 7) is 0. The number of ketones is 1. The van der Waals surface area contributed by atoms with Crippen LogP contribution in [0.3, 0.4) is 0 Å². The van der Waals surface area contributed by atoms with Gasteiger partial charge in [0.2, 0.25) is 0 Å². The minimum absolute atomic E-state index is 0.000556. The SMILES string of the molecule is O=C(Cc1ccsc1)C1(O)CCCCC1. The lowest BCUT2D eigenvalue weighted by Crippen LogP contribution is -2.41. The molecule has 1 fully saturated rings. The van der Waals surface area contributed by atoms with Crippen LogP contribution in [0.15, 0.2) is 16.8 Å². The fraction of sp³-hybridized carbons (Fsp3) is 0.583. The number of hydrogen-bond acceptors (Lipinski definition) is 3. The summed E-state index contributed by atoms with van der Waals surface area (Å²) in [5.41, 5.74) is 0.00389. The van der Waals surface area contributed by atoms with E-state index in [1.54, 1.807) is 11.3 Å². The fourth-order valence-corrected chi connectivity index (χ4v) is 2.83. The zero-order valence-corrected chi connectivity index (χ0v) is 9.55. The van der Waals surface area contributed by atoms with Crippen molar-refractivity contribution < 1.29 is 9.90 Å². The van der Waals surface area contributed by atoms with Crippen molar-refractivity contribution in [2.75, 3.05) is 0 Å². The molecule has 2 rings (SSSR count). The van der Waals surface area contributed by atoms with E-state index in [9.17, 15) is 9.90 Å². The van der Waals surface area contributed by atoms with Gasteiger partial charge in [-0.15, -0.1) is 0 Å². The summed E-state index contributed by atoms with van der Waals surface area (Å²) in [6.07, 6.45) is 4.79. The molecule has 0 unspecified atom stereocenters. The Hall–Kier alpha value is -0.670. The minimum Gasteiger partial charge on any atom is -0.382 e. The highest BCUT2D eigenvalue weighted by Gasteiger charge is 2.36. The van der Waals surface area contributed by atoms with Gasteiger partial charge in [0.25, 0.3) is 0 Å². The van der Waals surface area contributed by atoms with Gasteiger partial charge in [-0.3, -0.25) is 4.79 Å². The topological polar surface area (TPSA) is 37.3 Å². The van der Waals surface area contributed by atoms with Crippen molar-refractivity contribution in [1.82, 2.24) is 0 Å². The number of carbonyl (C=O) groups is 1. The van der Waals surface area contributed by atoms with Crippen LogP contribution < -0.4 is 0 Å². The van der Waals surface area contributed by atoms with Crippen molar-refractivity contribution >= 4 is 17.1 Å². The molecule has 0 radical (unpaired) electrons. The van der Waals surface area contributed by atoms with E-state index in [1.807, 2.05) is 16.8 Å². The average molecular weight is 224 g/mol. The van der Waals surface area contributed by atoms with Crippen LogP contribution in [0.2, 0.25) is 0 Å². The van der Waals surface area contributed by atoms with Crippen molar-refractivity contribution in [3.63, 3.8) is 0 Å². The maximum atomic E-state index is 11.9. The first kappa shape index (κ1) is 10.8. The van der Waals surface area contributed by atoms with Gasteiger partial charge in [0, 0.05) is 6.42 Å². The number of aliphatic hydroxyl groups is 1. The molecule has 1 aliphatic rings. The molecule has 0 bridgehead atoms. The van der Waals surface area contributed by atoms with Crippen molar-refractivity contribution in [2.45, 2.75) is 44.1 Å². The molecule has 3 heteroatoms. The fourth-order valence-electron chi connectivity index (χ4n) is 2.16. The van der Waals surface area contributed by atoms with Gasteiger partial charge in [-0.25, -0.2) is 0 Å². The molecule has 1 aromatic rings. The molecule has 0 aromatic carbocycles. The standard InChI is InChI=1S/C12H16O2S/c13-11(8-10-4-7-15-9-10)12(14)5-2-1-3-6-12/h4,7,9,14H,1-3,5-6,8H2. The Morgan fingerprint density at radius 3 is 2.73 bits per heavy atom. The van der Waals surface area contributed by atoms with Gasteiger partial charge in [0.15, 0.2) is 5.78 Å². The Morgan fingerprint density at radius 1 is 1.40 bits per heavy atom. The van der Waals surface area contributed by atoms with Crippen molar-refractivity contribution in [3.8, 4) is 0 Å². The van der Waals surface area contributed by atoms with Crippen LogP contribution in [0.5, 0.6) is 0 Å². The third-order valence-corrected chi connectivity index (χ3v) is 3.88. The summed E-state index contributed by atoms with van der Waals surface area (Å²) in [5.74, 6) is 0.000556. The summed E-state index contributed by atoms with van der Waals surface area (Å²) in [6, 6.07) is 1.95. The molecule has 1 heterocycles. The van der Waals surface area contributed by atoms with Gasteiger partial charge in [-0.2, -0.15) is 11.3 Å². The Bertz CT molecular complexity index is 323. The number of thiophene rings is 1. The van der Waals surface area contributed by atoms with Crippen LogP contribution in [0.1, 0.15) is 37.7 Å². The molecular formula is C12H16O2S. The van der Waals surface area contributed by atoms with Crippen LogP contribution in [0.25, 0.3) is 0 Å². The molecule has 0 aliphatic heterocycles. The normalized spacial score (nSPS) is 20.1. The van der Waals surface area contributed by atoms with Gasteiger partial charge < -0.3 is 5.11 Å². The largest absolute Gasteiger partial charge is 0.382 e. The molecular weight excluding hydrogens is 208 g/mol. The first-order valence-electron chi connectivity index (χ1n) is 5.47.